The van der Waals surface area contributed by atoms with Gasteiger partial charge < -0.3 is 4.74 Å². The van der Waals surface area contributed by atoms with Gasteiger partial charge in [0.25, 0.3) is 0 Å². The number of para-hydroxylation sites is 1. The minimum absolute atomic E-state index is 0.0448. The lowest BCUT2D eigenvalue weighted by Gasteiger charge is -2.21. The fraction of sp³-hybridized carbons (Fsp3) is 0.308. The van der Waals surface area contributed by atoms with Crippen molar-refractivity contribution in [1.29, 1.82) is 0 Å². The molecule has 2 aliphatic rings. The predicted molar refractivity (Wildman–Crippen MR) is 124 cm³/mol. The van der Waals surface area contributed by atoms with E-state index < -0.39 is 0 Å². The first kappa shape index (κ1) is 21.4. The van der Waals surface area contributed by atoms with Crippen LogP contribution in [-0.4, -0.2) is 22.2 Å². The molecular formula is C26H27N3O4. The number of ether oxygens (including phenoxy) is 1. The molecule has 1 aliphatic carbocycles. The van der Waals surface area contributed by atoms with Crippen molar-refractivity contribution in [1.82, 2.24) is 15.9 Å². The molecule has 3 N–H and O–H groups in total. The summed E-state index contributed by atoms with van der Waals surface area (Å²) < 4.78 is 6.06. The predicted octanol–water partition coefficient (Wildman–Crippen LogP) is 4.29. The largest absolute Gasteiger partial charge is 0.489 e. The molecule has 1 saturated carbocycles. The first-order valence-corrected chi connectivity index (χ1v) is 11.3. The van der Waals surface area contributed by atoms with E-state index in [0.717, 1.165) is 58.4 Å². The molecule has 0 spiro atoms. The summed E-state index contributed by atoms with van der Waals surface area (Å²) in [6.07, 6.45) is 4.42. The first-order valence-electron chi connectivity index (χ1n) is 11.3. The number of benzene rings is 2. The van der Waals surface area contributed by atoms with Crippen molar-refractivity contribution in [3.05, 3.63) is 77.5 Å². The number of aryl methyl sites for hydroxylation is 1. The number of nitrogens with one attached hydrogen (secondary N) is 2. The summed E-state index contributed by atoms with van der Waals surface area (Å²) in [5.41, 5.74) is 9.70. The van der Waals surface area contributed by atoms with Crippen molar-refractivity contribution in [3.63, 3.8) is 0 Å². The van der Waals surface area contributed by atoms with E-state index >= 15 is 0 Å². The Morgan fingerprint density at radius 1 is 1.21 bits per heavy atom. The molecule has 7 nitrogen and oxygen atoms in total. The normalized spacial score (nSPS) is 22.1. The van der Waals surface area contributed by atoms with Crippen molar-refractivity contribution < 1.29 is 19.6 Å². The van der Waals surface area contributed by atoms with Crippen molar-refractivity contribution in [2.45, 2.75) is 38.9 Å². The SMILES string of the molecule is Cc1cc(COc2ccc(C3=CC([C@H]4CCC[C@H]4C(=O)NO)ON3)cc2)c2ccccc2n1. The summed E-state index contributed by atoms with van der Waals surface area (Å²) in [6, 6.07) is 18.0. The maximum absolute atomic E-state index is 12.0. The van der Waals surface area contributed by atoms with Crippen LogP contribution in [0, 0.1) is 18.8 Å². The minimum atomic E-state index is -0.332. The second-order valence-corrected chi connectivity index (χ2v) is 8.70. The molecule has 1 amide bonds. The van der Waals surface area contributed by atoms with Gasteiger partial charge in [0, 0.05) is 28.5 Å². The molecule has 2 aromatic carbocycles. The number of amides is 1. The van der Waals surface area contributed by atoms with Gasteiger partial charge in [-0.2, -0.15) is 0 Å². The topological polar surface area (TPSA) is 92.7 Å². The van der Waals surface area contributed by atoms with Crippen LogP contribution in [0.1, 0.15) is 36.1 Å². The maximum Gasteiger partial charge on any atom is 0.246 e. The number of fused-ring (bicyclic) bond motifs is 1. The monoisotopic (exact) mass is 445 g/mol. The highest BCUT2D eigenvalue weighted by Crippen LogP contribution is 2.38. The number of hydrogen-bond donors (Lipinski definition) is 3. The zero-order valence-electron chi connectivity index (χ0n) is 18.5. The first-order chi connectivity index (χ1) is 16.1. The molecule has 7 heteroatoms. The van der Waals surface area contributed by atoms with Gasteiger partial charge >= 0.3 is 0 Å². The number of aromatic nitrogens is 1. The molecular weight excluding hydrogens is 418 g/mol. The fourth-order valence-electron chi connectivity index (χ4n) is 4.93. The quantitative estimate of drug-likeness (QED) is 0.387. The molecule has 5 rings (SSSR count). The summed E-state index contributed by atoms with van der Waals surface area (Å²) in [5, 5.41) is 10.1. The summed E-state index contributed by atoms with van der Waals surface area (Å²) in [4.78, 5) is 22.3. The average Bonchev–Trinajstić information content (AvgIpc) is 3.52. The number of hydrogen-bond acceptors (Lipinski definition) is 6. The molecule has 0 bridgehead atoms. The minimum Gasteiger partial charge on any atom is -0.489 e. The Balaban J connectivity index is 1.26. The zero-order valence-corrected chi connectivity index (χ0v) is 18.5. The van der Waals surface area contributed by atoms with Gasteiger partial charge in [-0.05, 0) is 67.8 Å². The van der Waals surface area contributed by atoms with Crippen LogP contribution in [0.25, 0.3) is 16.6 Å². The highest BCUT2D eigenvalue weighted by molar-refractivity contribution is 5.82. The molecule has 3 atom stereocenters. The Hall–Kier alpha value is -3.42. The van der Waals surface area contributed by atoms with Gasteiger partial charge in [0.1, 0.15) is 18.5 Å². The van der Waals surface area contributed by atoms with Crippen molar-refractivity contribution in [2.75, 3.05) is 0 Å². The molecule has 0 radical (unpaired) electrons. The number of rotatable bonds is 6. The molecule has 1 aromatic heterocycles. The lowest BCUT2D eigenvalue weighted by atomic mass is 9.89. The van der Waals surface area contributed by atoms with E-state index in [1.54, 1.807) is 5.48 Å². The number of carbonyl (C=O) groups is 1. The maximum atomic E-state index is 12.0. The number of nitrogens with zero attached hydrogens (tertiary/aromatic N) is 1. The van der Waals surface area contributed by atoms with E-state index in [4.69, 9.17) is 14.8 Å². The van der Waals surface area contributed by atoms with Crippen molar-refractivity contribution >= 4 is 22.5 Å². The van der Waals surface area contributed by atoms with Gasteiger partial charge in [-0.3, -0.25) is 25.3 Å². The van der Waals surface area contributed by atoms with Gasteiger partial charge in [-0.25, -0.2) is 5.48 Å². The third kappa shape index (κ3) is 4.42. The Morgan fingerprint density at radius 3 is 2.85 bits per heavy atom. The molecule has 1 aliphatic heterocycles. The second-order valence-electron chi connectivity index (χ2n) is 8.70. The lowest BCUT2D eigenvalue weighted by molar-refractivity contribution is -0.136. The molecule has 1 fully saturated rings. The van der Waals surface area contributed by atoms with Crippen LogP contribution in [0.5, 0.6) is 5.75 Å². The van der Waals surface area contributed by atoms with Gasteiger partial charge in [-0.15, -0.1) is 0 Å². The van der Waals surface area contributed by atoms with Gasteiger partial charge in [0.2, 0.25) is 5.91 Å². The summed E-state index contributed by atoms with van der Waals surface area (Å²) in [7, 11) is 0. The smallest absolute Gasteiger partial charge is 0.246 e. The highest BCUT2D eigenvalue weighted by atomic mass is 16.7. The average molecular weight is 446 g/mol. The van der Waals surface area contributed by atoms with Crippen LogP contribution in [0.2, 0.25) is 0 Å². The third-order valence-electron chi connectivity index (χ3n) is 6.56. The second kappa shape index (κ2) is 9.21. The Bertz CT molecular complexity index is 1190. The van der Waals surface area contributed by atoms with E-state index in [9.17, 15) is 4.79 Å². The Morgan fingerprint density at radius 2 is 2.03 bits per heavy atom. The fourth-order valence-corrected chi connectivity index (χ4v) is 4.93. The van der Waals surface area contributed by atoms with Gasteiger partial charge in [-0.1, -0.05) is 24.6 Å². The van der Waals surface area contributed by atoms with Crippen LogP contribution in [0.4, 0.5) is 0 Å². The van der Waals surface area contributed by atoms with Crippen LogP contribution < -0.4 is 15.7 Å². The Labute approximate surface area is 192 Å². The van der Waals surface area contributed by atoms with E-state index in [0.29, 0.717) is 6.61 Å². The highest BCUT2D eigenvalue weighted by Gasteiger charge is 2.40. The molecule has 0 saturated heterocycles. The van der Waals surface area contributed by atoms with Crippen LogP contribution in [-0.2, 0) is 16.2 Å². The standard InChI is InChI=1S/C26H27N3O4/c1-16-13-18(20-5-2-3-8-23(20)27-16)15-32-19-11-9-17(10-12-19)24-14-25(33-29-24)21-6-4-7-22(21)26(30)28-31/h2-3,5,8-14,21-22,25,29,31H,4,6-7,15H2,1H3,(H,28,30)/t21-,22+,25?/m0/s1. The molecule has 3 aromatic rings. The van der Waals surface area contributed by atoms with Crippen molar-refractivity contribution in [3.8, 4) is 5.75 Å². The lowest BCUT2D eigenvalue weighted by Crippen LogP contribution is -2.35. The number of pyridine rings is 1. The van der Waals surface area contributed by atoms with Crippen molar-refractivity contribution in [2.24, 2.45) is 11.8 Å². The zero-order chi connectivity index (χ0) is 22.8. The van der Waals surface area contributed by atoms with E-state index in [-0.39, 0.29) is 23.8 Å². The number of carbonyl (C=O) groups excluding carboxylic acids is 1. The molecule has 1 unspecified atom stereocenters. The van der Waals surface area contributed by atoms with Crippen LogP contribution in [0.15, 0.2) is 60.7 Å². The summed E-state index contributed by atoms with van der Waals surface area (Å²) >= 11 is 0. The summed E-state index contributed by atoms with van der Waals surface area (Å²) in [6.45, 7) is 2.46. The van der Waals surface area contributed by atoms with E-state index in [1.807, 2.05) is 55.5 Å². The third-order valence-corrected chi connectivity index (χ3v) is 6.56. The number of hydroxylamine groups is 2. The van der Waals surface area contributed by atoms with E-state index in [2.05, 4.69) is 22.6 Å². The van der Waals surface area contributed by atoms with Crippen LogP contribution in [0.3, 0.4) is 0 Å². The van der Waals surface area contributed by atoms with E-state index in [1.165, 1.54) is 0 Å². The summed E-state index contributed by atoms with van der Waals surface area (Å²) in [5.74, 6) is 0.259. The molecule has 170 valence electrons. The van der Waals surface area contributed by atoms with Crippen LogP contribution >= 0.6 is 0 Å². The Kier molecular flexibility index (Phi) is 5.98. The molecule has 33 heavy (non-hydrogen) atoms. The molecule has 2 heterocycles. The van der Waals surface area contributed by atoms with Gasteiger partial charge in [0.15, 0.2) is 0 Å². The van der Waals surface area contributed by atoms with Gasteiger partial charge in [0.05, 0.1) is 11.2 Å².